The molecule has 1 atom stereocenters. The molecule has 4 nitrogen and oxygen atoms in total. The van der Waals surface area contributed by atoms with E-state index in [0.29, 0.717) is 4.88 Å². The third-order valence-corrected chi connectivity index (χ3v) is 4.45. The summed E-state index contributed by atoms with van der Waals surface area (Å²) >= 11 is 1.15. The third kappa shape index (κ3) is 2.69. The van der Waals surface area contributed by atoms with Crippen LogP contribution < -0.4 is 0 Å². The van der Waals surface area contributed by atoms with Crippen molar-refractivity contribution in [2.45, 2.75) is 18.3 Å². The van der Waals surface area contributed by atoms with Crippen molar-refractivity contribution >= 4 is 23.0 Å². The molecule has 1 aliphatic rings. The van der Waals surface area contributed by atoms with Crippen LogP contribution >= 0.6 is 11.3 Å². The van der Waals surface area contributed by atoms with Crippen molar-refractivity contribution in [2.24, 2.45) is 5.10 Å². The topological polar surface area (TPSA) is 52.9 Å². The van der Waals surface area contributed by atoms with Gasteiger partial charge in [0.25, 0.3) is 11.6 Å². The third-order valence-electron chi connectivity index (χ3n) is 3.53. The highest BCUT2D eigenvalue weighted by Crippen LogP contribution is 2.42. The molecule has 24 heavy (non-hydrogen) atoms. The summed E-state index contributed by atoms with van der Waals surface area (Å²) in [7, 11) is 0. The lowest BCUT2D eigenvalue weighted by Gasteiger charge is -2.32. The van der Waals surface area contributed by atoms with Crippen LogP contribution in [0.5, 0.6) is 0 Å². The lowest BCUT2D eigenvalue weighted by Crippen LogP contribution is -2.56. The van der Waals surface area contributed by atoms with Crippen LogP contribution in [0.2, 0.25) is 0 Å². The zero-order valence-corrected chi connectivity index (χ0v) is 12.7. The fraction of sp³-hybridized carbons (Fsp3) is 0.200. The van der Waals surface area contributed by atoms with Gasteiger partial charge in [0.1, 0.15) is 5.82 Å². The fourth-order valence-electron chi connectivity index (χ4n) is 2.27. The molecule has 126 valence electrons. The molecule has 1 amide bonds. The Labute approximate surface area is 137 Å². The Bertz CT molecular complexity index is 787. The molecule has 2 heterocycles. The van der Waals surface area contributed by atoms with Crippen LogP contribution in [0, 0.1) is 5.82 Å². The van der Waals surface area contributed by atoms with Crippen molar-refractivity contribution in [2.75, 3.05) is 0 Å². The number of hydrogen-bond acceptors (Lipinski definition) is 4. The molecule has 1 aliphatic heterocycles. The molecule has 0 saturated heterocycles. The van der Waals surface area contributed by atoms with Gasteiger partial charge in [-0.2, -0.15) is 23.3 Å². The molecular weight excluding hydrogens is 348 g/mol. The average molecular weight is 358 g/mol. The molecule has 0 fully saturated rings. The van der Waals surface area contributed by atoms with E-state index < -0.39 is 30.0 Å². The summed E-state index contributed by atoms with van der Waals surface area (Å²) in [6.07, 6.45) is -5.98. The van der Waals surface area contributed by atoms with E-state index in [4.69, 9.17) is 0 Å². The number of rotatable bonds is 2. The van der Waals surface area contributed by atoms with Gasteiger partial charge in [0.2, 0.25) is 0 Å². The molecule has 1 aromatic heterocycles. The Balaban J connectivity index is 2.03. The Kier molecular flexibility index (Phi) is 3.92. The van der Waals surface area contributed by atoms with Crippen LogP contribution in [0.25, 0.3) is 0 Å². The number of benzene rings is 1. The molecule has 2 aromatic rings. The number of carbonyl (C=O) groups excluding carboxylic acids is 1. The Morgan fingerprint density at radius 2 is 1.92 bits per heavy atom. The van der Waals surface area contributed by atoms with E-state index in [9.17, 15) is 27.5 Å². The maximum absolute atomic E-state index is 13.4. The van der Waals surface area contributed by atoms with E-state index in [1.54, 1.807) is 17.5 Å². The predicted molar refractivity (Wildman–Crippen MR) is 79.0 cm³/mol. The monoisotopic (exact) mass is 358 g/mol. The Hall–Kier alpha value is -2.26. The molecule has 0 saturated carbocycles. The Morgan fingerprint density at radius 3 is 2.46 bits per heavy atom. The minimum atomic E-state index is -5.11. The molecular formula is C15H10F4N2O2S. The second-order valence-corrected chi connectivity index (χ2v) is 6.09. The van der Waals surface area contributed by atoms with Gasteiger partial charge in [-0.1, -0.05) is 6.07 Å². The zero-order chi connectivity index (χ0) is 17.5. The van der Waals surface area contributed by atoms with Gasteiger partial charge in [-0.3, -0.25) is 4.79 Å². The highest BCUT2D eigenvalue weighted by atomic mass is 32.1. The van der Waals surface area contributed by atoms with Crippen molar-refractivity contribution < 1.29 is 27.5 Å². The Morgan fingerprint density at radius 1 is 1.25 bits per heavy atom. The summed E-state index contributed by atoms with van der Waals surface area (Å²) in [4.78, 5) is 12.8. The number of carbonyl (C=O) groups is 1. The van der Waals surface area contributed by atoms with Crippen molar-refractivity contribution in [3.05, 3.63) is 58.0 Å². The molecule has 0 aliphatic carbocycles. The van der Waals surface area contributed by atoms with Crippen LogP contribution in [-0.2, 0) is 0 Å². The second-order valence-electron chi connectivity index (χ2n) is 5.14. The van der Waals surface area contributed by atoms with Gasteiger partial charge in [0.15, 0.2) is 0 Å². The normalized spacial score (nSPS) is 21.0. The molecule has 1 aromatic carbocycles. The van der Waals surface area contributed by atoms with Crippen LogP contribution in [0.1, 0.15) is 21.7 Å². The number of hydrogen-bond donors (Lipinski definition) is 1. The van der Waals surface area contributed by atoms with Crippen LogP contribution in [0.15, 0.2) is 46.9 Å². The van der Waals surface area contributed by atoms with E-state index in [1.807, 2.05) is 0 Å². The first-order valence-corrected chi connectivity index (χ1v) is 7.61. The van der Waals surface area contributed by atoms with Crippen LogP contribution in [0.3, 0.4) is 0 Å². The summed E-state index contributed by atoms with van der Waals surface area (Å²) < 4.78 is 53.1. The molecule has 0 bridgehead atoms. The summed E-state index contributed by atoms with van der Waals surface area (Å²) in [5.41, 5.74) is -3.70. The first-order chi connectivity index (χ1) is 11.2. The summed E-state index contributed by atoms with van der Waals surface area (Å²) in [6, 6.07) is 7.13. The fourth-order valence-corrected chi connectivity index (χ4v) is 2.98. The van der Waals surface area contributed by atoms with Gasteiger partial charge in [-0.05, 0) is 35.7 Å². The van der Waals surface area contributed by atoms with Crippen molar-refractivity contribution in [1.82, 2.24) is 5.01 Å². The molecule has 0 radical (unpaired) electrons. The number of nitrogens with zero attached hydrogens (tertiary/aromatic N) is 2. The number of hydrazone groups is 1. The summed E-state index contributed by atoms with van der Waals surface area (Å²) in [5.74, 6) is -1.80. The minimum absolute atomic E-state index is 0.0231. The van der Waals surface area contributed by atoms with Gasteiger partial charge in [0, 0.05) is 5.56 Å². The van der Waals surface area contributed by atoms with Gasteiger partial charge >= 0.3 is 6.18 Å². The lowest BCUT2D eigenvalue weighted by molar-refractivity contribution is -0.297. The smallest absolute Gasteiger partial charge is 0.362 e. The minimum Gasteiger partial charge on any atom is -0.362 e. The number of thiophene rings is 1. The maximum atomic E-state index is 13.4. The van der Waals surface area contributed by atoms with Crippen molar-refractivity contribution in [1.29, 1.82) is 0 Å². The zero-order valence-electron chi connectivity index (χ0n) is 11.9. The maximum Gasteiger partial charge on any atom is 0.438 e. The SMILES string of the molecule is O=C(c1ccc(F)cc1)N1N=C(c2cccs2)CC1(O)C(F)(F)F. The first kappa shape index (κ1) is 16.6. The van der Waals surface area contributed by atoms with Gasteiger partial charge in [-0.15, -0.1) is 11.3 Å². The lowest BCUT2D eigenvalue weighted by atomic mass is 10.0. The highest BCUT2D eigenvalue weighted by Gasteiger charge is 2.63. The first-order valence-electron chi connectivity index (χ1n) is 6.73. The largest absolute Gasteiger partial charge is 0.438 e. The van der Waals surface area contributed by atoms with Crippen molar-refractivity contribution in [3.63, 3.8) is 0 Å². The number of amides is 1. The van der Waals surface area contributed by atoms with Crippen LogP contribution in [-0.4, -0.2) is 33.6 Å². The molecule has 0 spiro atoms. The predicted octanol–water partition coefficient (Wildman–Crippen LogP) is 3.39. The van der Waals surface area contributed by atoms with Crippen molar-refractivity contribution in [3.8, 4) is 0 Å². The highest BCUT2D eigenvalue weighted by molar-refractivity contribution is 7.12. The summed E-state index contributed by atoms with van der Waals surface area (Å²) in [6.45, 7) is 0. The quantitative estimate of drug-likeness (QED) is 0.837. The standard InChI is InChI=1S/C15H10F4N2O2S/c16-10-5-3-9(4-6-10)13(22)21-14(23,15(17,18)19)8-11(20-21)12-2-1-7-24-12/h1-7,23H,8H2. The van der Waals surface area contributed by atoms with E-state index in [-0.39, 0.29) is 16.3 Å². The van der Waals surface area contributed by atoms with E-state index in [2.05, 4.69) is 5.10 Å². The molecule has 1 unspecified atom stereocenters. The van der Waals surface area contributed by atoms with Gasteiger partial charge < -0.3 is 5.11 Å². The second kappa shape index (κ2) is 5.67. The van der Waals surface area contributed by atoms with E-state index in [1.165, 1.54) is 0 Å². The van der Waals surface area contributed by atoms with Crippen LogP contribution in [0.4, 0.5) is 17.6 Å². The molecule has 1 N–H and O–H groups in total. The van der Waals surface area contributed by atoms with E-state index in [0.717, 1.165) is 35.6 Å². The van der Waals surface area contributed by atoms with Gasteiger partial charge in [0.05, 0.1) is 17.0 Å². The summed E-state index contributed by atoms with van der Waals surface area (Å²) in [5, 5.41) is 15.5. The number of alkyl halides is 3. The van der Waals surface area contributed by atoms with Gasteiger partial charge in [-0.25, -0.2) is 4.39 Å². The molecule has 3 rings (SSSR count). The number of aliphatic hydroxyl groups is 1. The molecule has 9 heteroatoms. The van der Waals surface area contributed by atoms with E-state index >= 15 is 0 Å². The average Bonchev–Trinajstić information content (AvgIpc) is 3.14. The number of halogens is 4.